The smallest absolute Gasteiger partial charge is 0.0843 e. The SMILES string of the molecule is CC(C)SN1CCOC2(CCN(CCc3ccccc3)CC2)C1. The van der Waals surface area contributed by atoms with Gasteiger partial charge >= 0.3 is 0 Å². The zero-order chi connectivity index (χ0) is 16.1. The second-order valence-electron chi connectivity index (χ2n) is 7.13. The summed E-state index contributed by atoms with van der Waals surface area (Å²) in [6.07, 6.45) is 3.51. The first kappa shape index (κ1) is 17.3. The Kier molecular flexibility index (Phi) is 6.02. The van der Waals surface area contributed by atoms with E-state index >= 15 is 0 Å². The van der Waals surface area contributed by atoms with Gasteiger partial charge in [-0.05, 0) is 24.8 Å². The summed E-state index contributed by atoms with van der Waals surface area (Å²) in [5, 5.41) is 0.663. The Morgan fingerprint density at radius 2 is 1.87 bits per heavy atom. The van der Waals surface area contributed by atoms with Crippen LogP contribution in [0.4, 0.5) is 0 Å². The molecule has 1 aromatic carbocycles. The van der Waals surface area contributed by atoms with Crippen LogP contribution in [0.3, 0.4) is 0 Å². The molecule has 2 aliphatic rings. The summed E-state index contributed by atoms with van der Waals surface area (Å²) in [5.74, 6) is 0. The summed E-state index contributed by atoms with van der Waals surface area (Å²) >= 11 is 1.99. The van der Waals surface area contributed by atoms with Crippen LogP contribution in [-0.4, -0.2) is 59.4 Å². The zero-order valence-electron chi connectivity index (χ0n) is 14.5. The number of hydrogen-bond donors (Lipinski definition) is 0. The van der Waals surface area contributed by atoms with Gasteiger partial charge in [-0.1, -0.05) is 56.1 Å². The third-order valence-corrected chi connectivity index (χ3v) is 5.93. The topological polar surface area (TPSA) is 15.7 Å². The van der Waals surface area contributed by atoms with Gasteiger partial charge in [-0.15, -0.1) is 0 Å². The number of ether oxygens (including phenoxy) is 1. The number of rotatable bonds is 5. The average Bonchev–Trinajstić information content (AvgIpc) is 2.55. The van der Waals surface area contributed by atoms with E-state index < -0.39 is 0 Å². The van der Waals surface area contributed by atoms with E-state index in [2.05, 4.69) is 53.4 Å². The molecule has 3 rings (SSSR count). The fraction of sp³-hybridized carbons (Fsp3) is 0.684. The second-order valence-corrected chi connectivity index (χ2v) is 8.80. The molecule has 2 heterocycles. The van der Waals surface area contributed by atoms with Crippen LogP contribution < -0.4 is 0 Å². The van der Waals surface area contributed by atoms with E-state index in [1.54, 1.807) is 0 Å². The molecule has 0 bridgehead atoms. The molecular formula is C19H30N2OS. The molecule has 2 aliphatic heterocycles. The molecule has 0 saturated carbocycles. The lowest BCUT2D eigenvalue weighted by Gasteiger charge is -2.47. The molecular weight excluding hydrogens is 304 g/mol. The van der Waals surface area contributed by atoms with Crippen LogP contribution in [0, 0.1) is 0 Å². The lowest BCUT2D eigenvalue weighted by Crippen LogP contribution is -2.55. The summed E-state index contributed by atoms with van der Waals surface area (Å²) in [5.41, 5.74) is 1.56. The van der Waals surface area contributed by atoms with Gasteiger partial charge in [0.05, 0.1) is 12.2 Å². The molecule has 2 fully saturated rings. The number of likely N-dealkylation sites (tertiary alicyclic amines) is 1. The van der Waals surface area contributed by atoms with Crippen molar-refractivity contribution in [3.05, 3.63) is 35.9 Å². The molecule has 0 N–H and O–H groups in total. The van der Waals surface area contributed by atoms with Crippen molar-refractivity contribution < 1.29 is 4.74 Å². The van der Waals surface area contributed by atoms with Crippen LogP contribution in [-0.2, 0) is 11.2 Å². The van der Waals surface area contributed by atoms with Crippen LogP contribution in [0.25, 0.3) is 0 Å². The van der Waals surface area contributed by atoms with Gasteiger partial charge in [-0.2, -0.15) is 0 Å². The van der Waals surface area contributed by atoms with E-state index in [0.717, 1.165) is 26.1 Å². The first-order valence-corrected chi connectivity index (χ1v) is 9.81. The summed E-state index contributed by atoms with van der Waals surface area (Å²) in [6, 6.07) is 10.8. The highest BCUT2D eigenvalue weighted by Crippen LogP contribution is 2.33. The minimum absolute atomic E-state index is 0.114. The molecule has 1 aromatic rings. The van der Waals surface area contributed by atoms with E-state index in [9.17, 15) is 0 Å². The highest BCUT2D eigenvalue weighted by molar-refractivity contribution is 7.97. The van der Waals surface area contributed by atoms with Gasteiger partial charge in [0.15, 0.2) is 0 Å². The third kappa shape index (κ3) is 4.96. The molecule has 0 radical (unpaired) electrons. The average molecular weight is 335 g/mol. The maximum absolute atomic E-state index is 6.25. The lowest BCUT2D eigenvalue weighted by molar-refractivity contribution is -0.117. The van der Waals surface area contributed by atoms with Crippen molar-refractivity contribution in [3.8, 4) is 0 Å². The van der Waals surface area contributed by atoms with Crippen LogP contribution in [0.1, 0.15) is 32.3 Å². The minimum atomic E-state index is 0.114. The Balaban J connectivity index is 1.46. The minimum Gasteiger partial charge on any atom is -0.372 e. The summed E-state index contributed by atoms with van der Waals surface area (Å²) in [6.45, 7) is 11.1. The summed E-state index contributed by atoms with van der Waals surface area (Å²) in [4.78, 5) is 2.61. The van der Waals surface area contributed by atoms with Gasteiger partial charge in [0.25, 0.3) is 0 Å². The molecule has 128 valence electrons. The lowest BCUT2D eigenvalue weighted by atomic mass is 9.90. The Morgan fingerprint density at radius 3 is 2.57 bits per heavy atom. The third-order valence-electron chi connectivity index (χ3n) is 4.90. The second kappa shape index (κ2) is 8.02. The Bertz CT molecular complexity index is 472. The van der Waals surface area contributed by atoms with E-state index in [1.165, 1.54) is 38.0 Å². The number of nitrogens with zero attached hydrogens (tertiary/aromatic N) is 2. The van der Waals surface area contributed by atoms with E-state index in [-0.39, 0.29) is 5.60 Å². The molecule has 0 unspecified atom stereocenters. The van der Waals surface area contributed by atoms with Crippen LogP contribution in [0.5, 0.6) is 0 Å². The predicted molar refractivity (Wildman–Crippen MR) is 98.8 cm³/mol. The van der Waals surface area contributed by atoms with E-state index in [0.29, 0.717) is 5.25 Å². The van der Waals surface area contributed by atoms with Crippen molar-refractivity contribution >= 4 is 11.9 Å². The van der Waals surface area contributed by atoms with Crippen molar-refractivity contribution in [2.24, 2.45) is 0 Å². The Labute approximate surface area is 145 Å². The molecule has 0 aromatic heterocycles. The standard InChI is InChI=1S/C19H30N2OS/c1-17(2)23-21-14-15-22-19(16-21)9-12-20(13-10-19)11-8-18-6-4-3-5-7-18/h3-7,17H,8-16H2,1-2H3. The maximum Gasteiger partial charge on any atom is 0.0843 e. The van der Waals surface area contributed by atoms with Gasteiger partial charge in [0, 0.05) is 38.0 Å². The van der Waals surface area contributed by atoms with Crippen molar-refractivity contribution in [2.75, 3.05) is 39.3 Å². The van der Waals surface area contributed by atoms with Crippen molar-refractivity contribution in [2.45, 2.75) is 44.0 Å². The summed E-state index contributed by atoms with van der Waals surface area (Å²) < 4.78 is 8.78. The van der Waals surface area contributed by atoms with E-state index in [1.807, 2.05) is 11.9 Å². The van der Waals surface area contributed by atoms with Crippen LogP contribution >= 0.6 is 11.9 Å². The van der Waals surface area contributed by atoms with Crippen molar-refractivity contribution in [1.29, 1.82) is 0 Å². The largest absolute Gasteiger partial charge is 0.372 e. The number of benzene rings is 1. The van der Waals surface area contributed by atoms with Crippen LogP contribution in [0.15, 0.2) is 30.3 Å². The molecule has 2 saturated heterocycles. The first-order chi connectivity index (χ1) is 11.2. The molecule has 0 amide bonds. The molecule has 3 nitrogen and oxygen atoms in total. The monoisotopic (exact) mass is 334 g/mol. The normalized spacial score (nSPS) is 22.7. The highest BCUT2D eigenvalue weighted by atomic mass is 32.2. The van der Waals surface area contributed by atoms with Gasteiger partial charge in [-0.25, -0.2) is 4.31 Å². The van der Waals surface area contributed by atoms with Crippen molar-refractivity contribution in [3.63, 3.8) is 0 Å². The first-order valence-electron chi connectivity index (χ1n) is 8.97. The maximum atomic E-state index is 6.25. The molecule has 23 heavy (non-hydrogen) atoms. The van der Waals surface area contributed by atoms with Crippen molar-refractivity contribution in [1.82, 2.24) is 9.21 Å². The molecule has 0 aliphatic carbocycles. The number of morpholine rings is 1. The van der Waals surface area contributed by atoms with E-state index in [4.69, 9.17) is 4.74 Å². The van der Waals surface area contributed by atoms with Gasteiger partial charge in [0.1, 0.15) is 0 Å². The number of hydrogen-bond acceptors (Lipinski definition) is 4. The van der Waals surface area contributed by atoms with Crippen LogP contribution in [0.2, 0.25) is 0 Å². The molecule has 0 atom stereocenters. The fourth-order valence-electron chi connectivity index (χ4n) is 3.62. The summed E-state index contributed by atoms with van der Waals surface area (Å²) in [7, 11) is 0. The van der Waals surface area contributed by atoms with Gasteiger partial charge < -0.3 is 9.64 Å². The van der Waals surface area contributed by atoms with Gasteiger partial charge in [0.2, 0.25) is 0 Å². The Hall–Kier alpha value is -0.550. The number of piperidine rings is 1. The molecule has 1 spiro atoms. The van der Waals surface area contributed by atoms with Gasteiger partial charge in [-0.3, -0.25) is 0 Å². The Morgan fingerprint density at radius 1 is 1.13 bits per heavy atom. The fourth-order valence-corrected chi connectivity index (χ4v) is 4.70. The molecule has 4 heteroatoms. The zero-order valence-corrected chi connectivity index (χ0v) is 15.4. The highest BCUT2D eigenvalue weighted by Gasteiger charge is 2.39. The predicted octanol–water partition coefficient (Wildman–Crippen LogP) is 3.45. The quantitative estimate of drug-likeness (QED) is 0.766.